The maximum absolute atomic E-state index is 13.9. The van der Waals surface area contributed by atoms with Crippen LogP contribution in [-0.4, -0.2) is 117 Å². The molecule has 0 radical (unpaired) electrons. The zero-order valence-electron chi connectivity index (χ0n) is 23.8. The number of likely N-dealkylation sites (N-methyl/N-ethyl adjacent to an activating group) is 1. The number of benzene rings is 2. The molecule has 0 bridgehead atoms. The minimum absolute atomic E-state index is 0.0343. The highest BCUT2D eigenvalue weighted by Gasteiger charge is 2.45. The molecule has 3 heterocycles. The van der Waals surface area contributed by atoms with Gasteiger partial charge in [-0.25, -0.2) is 0 Å². The van der Waals surface area contributed by atoms with Crippen molar-refractivity contribution in [3.05, 3.63) is 58.1 Å². The van der Waals surface area contributed by atoms with Crippen molar-refractivity contribution in [2.45, 2.75) is 70.1 Å². The number of phenolic OH excluding ortho intramolecular Hbond substituents is 1. The number of amides is 1. The van der Waals surface area contributed by atoms with Gasteiger partial charge >= 0.3 is 0 Å². The van der Waals surface area contributed by atoms with Crippen LogP contribution >= 0.6 is 0 Å². The number of carbonyl (C=O) groups is 1. The second kappa shape index (κ2) is 12.2. The van der Waals surface area contributed by atoms with Crippen LogP contribution in [0.5, 0.6) is 11.5 Å². The molecule has 3 aliphatic heterocycles. The quantitative estimate of drug-likeness (QED) is 0.320. The van der Waals surface area contributed by atoms with Gasteiger partial charge in [-0.2, -0.15) is 0 Å². The average molecular weight is 572 g/mol. The lowest BCUT2D eigenvalue weighted by atomic mass is 9.97. The fourth-order valence-corrected chi connectivity index (χ4v) is 5.73. The van der Waals surface area contributed by atoms with Crippen LogP contribution in [0.3, 0.4) is 0 Å². The number of aromatic hydroxyl groups is 1. The molecule has 2 aromatic rings. The molecule has 1 amide bonds. The van der Waals surface area contributed by atoms with E-state index in [4.69, 9.17) is 9.47 Å². The van der Waals surface area contributed by atoms with Crippen LogP contribution in [0, 0.1) is 0 Å². The molecular weight excluding hydrogens is 530 g/mol. The highest BCUT2D eigenvalue weighted by atomic mass is 16.7. The third-order valence-electron chi connectivity index (χ3n) is 8.36. The Balaban J connectivity index is 1.37. The molecule has 0 aliphatic carbocycles. The fourth-order valence-electron chi connectivity index (χ4n) is 5.73. The van der Waals surface area contributed by atoms with E-state index in [0.717, 1.165) is 43.9 Å². The van der Waals surface area contributed by atoms with Gasteiger partial charge in [0.1, 0.15) is 35.9 Å². The van der Waals surface area contributed by atoms with E-state index in [1.54, 1.807) is 11.0 Å². The summed E-state index contributed by atoms with van der Waals surface area (Å²) in [5.41, 5.74) is 4.10. The topological polar surface area (TPSA) is 146 Å². The van der Waals surface area contributed by atoms with Gasteiger partial charge in [-0.1, -0.05) is 32.0 Å². The Hall–Kier alpha value is -2.77. The van der Waals surface area contributed by atoms with Gasteiger partial charge in [0.15, 0.2) is 0 Å². The van der Waals surface area contributed by atoms with Crippen molar-refractivity contribution < 1.29 is 39.8 Å². The van der Waals surface area contributed by atoms with Crippen molar-refractivity contribution in [1.82, 2.24) is 14.7 Å². The zero-order chi connectivity index (χ0) is 29.4. The van der Waals surface area contributed by atoms with Gasteiger partial charge in [-0.3, -0.25) is 9.69 Å². The van der Waals surface area contributed by atoms with Crippen molar-refractivity contribution in [2.24, 2.45) is 0 Å². The second-order valence-electron chi connectivity index (χ2n) is 11.7. The number of hydrogen-bond donors (Lipinski definition) is 5. The molecule has 2 saturated heterocycles. The average Bonchev–Trinajstić information content (AvgIpc) is 3.37. The van der Waals surface area contributed by atoms with Crippen LogP contribution in [0.1, 0.15) is 52.4 Å². The standard InChI is InChI=1S/C30H41N3O8/c1-17(2)21-11-22(24(12-23(21)35)40-30-28(38)27(37)26(36)25(16-34)41-30)29(39)33-14-19-5-4-18(10-20(19)15-33)13-32-8-6-31(3)7-9-32/h4-5,10-12,17,25-28,30,34-38H,6-9,13-16H2,1-3H3/t25-,26+,27+,28-,30-/m1/s1. The molecule has 41 heavy (non-hydrogen) atoms. The lowest BCUT2D eigenvalue weighted by molar-refractivity contribution is -0.277. The second-order valence-corrected chi connectivity index (χ2v) is 11.7. The molecule has 11 heteroatoms. The highest BCUT2D eigenvalue weighted by molar-refractivity contribution is 5.98. The van der Waals surface area contributed by atoms with Crippen molar-refractivity contribution >= 4 is 5.91 Å². The monoisotopic (exact) mass is 571 g/mol. The number of rotatable bonds is 7. The molecule has 5 N–H and O–H groups in total. The third kappa shape index (κ3) is 6.21. The van der Waals surface area contributed by atoms with E-state index < -0.39 is 37.3 Å². The first-order valence-corrected chi connectivity index (χ1v) is 14.2. The Bertz CT molecular complexity index is 1250. The van der Waals surface area contributed by atoms with E-state index in [0.29, 0.717) is 18.7 Å². The molecule has 0 aromatic heterocycles. The summed E-state index contributed by atoms with van der Waals surface area (Å²) in [7, 11) is 2.14. The van der Waals surface area contributed by atoms with Gasteiger partial charge in [-0.15, -0.1) is 0 Å². The smallest absolute Gasteiger partial charge is 0.258 e. The van der Waals surface area contributed by atoms with Crippen LogP contribution in [0.2, 0.25) is 0 Å². The van der Waals surface area contributed by atoms with Gasteiger partial charge in [0.2, 0.25) is 6.29 Å². The van der Waals surface area contributed by atoms with Crippen molar-refractivity contribution in [1.29, 1.82) is 0 Å². The molecular formula is C30H41N3O8. The predicted octanol–water partition coefficient (Wildman–Crippen LogP) is 0.598. The summed E-state index contributed by atoms with van der Waals surface area (Å²) >= 11 is 0. The SMILES string of the molecule is CC(C)c1cc(C(=O)N2Cc3ccc(CN4CCN(C)CC4)cc3C2)c(O[C@@H]2O[C@H](CO)[C@H](O)[C@H](O)[C@H]2O)cc1O. The number of ether oxygens (including phenoxy) is 2. The van der Waals surface area contributed by atoms with Gasteiger partial charge < -0.3 is 44.8 Å². The van der Waals surface area contributed by atoms with Crippen LogP contribution in [-0.2, 0) is 24.4 Å². The van der Waals surface area contributed by atoms with Crippen molar-refractivity contribution in [2.75, 3.05) is 39.8 Å². The molecule has 5 rings (SSSR count). The first kappa shape index (κ1) is 29.7. The van der Waals surface area contributed by atoms with E-state index in [2.05, 4.69) is 35.0 Å². The van der Waals surface area contributed by atoms with Crippen molar-refractivity contribution in [3.63, 3.8) is 0 Å². The van der Waals surface area contributed by atoms with Gasteiger partial charge in [-0.05, 0) is 41.3 Å². The molecule has 0 spiro atoms. The van der Waals surface area contributed by atoms with Crippen molar-refractivity contribution in [3.8, 4) is 11.5 Å². The number of hydrogen-bond acceptors (Lipinski definition) is 10. The van der Waals surface area contributed by atoms with E-state index in [1.165, 1.54) is 11.6 Å². The Morgan fingerprint density at radius 3 is 2.39 bits per heavy atom. The number of fused-ring (bicyclic) bond motifs is 1. The Kier molecular flexibility index (Phi) is 8.86. The molecule has 3 aliphatic rings. The first-order valence-electron chi connectivity index (χ1n) is 14.2. The number of piperazine rings is 1. The summed E-state index contributed by atoms with van der Waals surface area (Å²) in [6.07, 6.45) is -7.50. The molecule has 11 nitrogen and oxygen atoms in total. The number of phenols is 1. The first-order chi connectivity index (χ1) is 19.5. The number of aliphatic hydroxyl groups excluding tert-OH is 4. The summed E-state index contributed by atoms with van der Waals surface area (Å²) in [4.78, 5) is 20.4. The summed E-state index contributed by atoms with van der Waals surface area (Å²) in [5.74, 6) is -0.526. The van der Waals surface area contributed by atoms with Crippen LogP contribution in [0.4, 0.5) is 0 Å². The molecule has 0 unspecified atom stereocenters. The van der Waals surface area contributed by atoms with Gasteiger partial charge in [0, 0.05) is 51.9 Å². The Morgan fingerprint density at radius 2 is 1.71 bits per heavy atom. The predicted molar refractivity (Wildman–Crippen MR) is 149 cm³/mol. The van der Waals surface area contributed by atoms with Gasteiger partial charge in [0.25, 0.3) is 5.91 Å². The summed E-state index contributed by atoms with van der Waals surface area (Å²) in [6.45, 7) is 9.02. The Labute approximate surface area is 240 Å². The van der Waals surface area contributed by atoms with Crippen LogP contribution < -0.4 is 4.74 Å². The van der Waals surface area contributed by atoms with E-state index in [-0.39, 0.29) is 28.9 Å². The highest BCUT2D eigenvalue weighted by Crippen LogP contribution is 2.37. The molecule has 0 saturated carbocycles. The van der Waals surface area contributed by atoms with E-state index in [1.807, 2.05) is 13.8 Å². The van der Waals surface area contributed by atoms with E-state index >= 15 is 0 Å². The zero-order valence-corrected chi connectivity index (χ0v) is 23.8. The lowest BCUT2D eigenvalue weighted by Crippen LogP contribution is -2.60. The third-order valence-corrected chi connectivity index (χ3v) is 8.36. The summed E-state index contributed by atoms with van der Waals surface area (Å²) in [6, 6.07) is 9.26. The molecule has 2 fully saturated rings. The maximum atomic E-state index is 13.9. The summed E-state index contributed by atoms with van der Waals surface area (Å²) < 4.78 is 11.4. The Morgan fingerprint density at radius 1 is 1.00 bits per heavy atom. The largest absolute Gasteiger partial charge is 0.508 e. The molecule has 2 aromatic carbocycles. The number of carbonyl (C=O) groups excluding carboxylic acids is 1. The van der Waals surface area contributed by atoms with Crippen LogP contribution in [0.25, 0.3) is 0 Å². The lowest BCUT2D eigenvalue weighted by Gasteiger charge is -2.39. The minimum Gasteiger partial charge on any atom is -0.508 e. The fraction of sp³-hybridized carbons (Fsp3) is 0.567. The number of aliphatic hydroxyl groups is 4. The number of nitrogens with zero attached hydrogens (tertiary/aromatic N) is 3. The van der Waals surface area contributed by atoms with Gasteiger partial charge in [0.05, 0.1) is 12.2 Å². The van der Waals surface area contributed by atoms with E-state index in [9.17, 15) is 30.3 Å². The molecule has 224 valence electrons. The maximum Gasteiger partial charge on any atom is 0.258 e. The minimum atomic E-state index is -1.66. The van der Waals surface area contributed by atoms with Crippen LogP contribution in [0.15, 0.2) is 30.3 Å². The molecule has 5 atom stereocenters. The summed E-state index contributed by atoms with van der Waals surface area (Å²) in [5, 5.41) is 51.1. The normalized spacial score (nSPS) is 27.3.